The van der Waals surface area contributed by atoms with E-state index < -0.39 is 11.6 Å². The molecule has 5 nitrogen and oxygen atoms in total. The fraction of sp³-hybridized carbons (Fsp3) is 0.200. The molecule has 9 heteroatoms. The van der Waals surface area contributed by atoms with E-state index in [1.54, 1.807) is 10.7 Å². The van der Waals surface area contributed by atoms with Crippen LogP contribution in [0.25, 0.3) is 5.82 Å². The zero-order valence-electron chi connectivity index (χ0n) is 15.5. The molecule has 1 aromatic carbocycles. The Morgan fingerprint density at radius 2 is 1.90 bits per heavy atom. The number of nitrogens with zero attached hydrogens (tertiary/aromatic N) is 5. The summed E-state index contributed by atoms with van der Waals surface area (Å²) in [5.41, 5.74) is 3.49. The van der Waals surface area contributed by atoms with Crippen LogP contribution in [0.15, 0.2) is 46.2 Å². The Labute approximate surface area is 175 Å². The molecule has 0 spiro atoms. The third-order valence-corrected chi connectivity index (χ3v) is 5.65. The van der Waals surface area contributed by atoms with Crippen LogP contribution in [0.2, 0.25) is 5.02 Å². The highest BCUT2D eigenvalue weighted by Gasteiger charge is 2.23. The summed E-state index contributed by atoms with van der Waals surface area (Å²) in [5, 5.41) is 5.34. The van der Waals surface area contributed by atoms with Gasteiger partial charge in [-0.25, -0.2) is 23.4 Å². The lowest BCUT2D eigenvalue weighted by Gasteiger charge is -2.07. The lowest BCUT2D eigenvalue weighted by Crippen LogP contribution is -2.06. The molecular formula is C20H15Cl2F2N5. The zero-order chi connectivity index (χ0) is 20.7. The second kappa shape index (κ2) is 7.65. The number of hydrogen-bond donors (Lipinski definition) is 0. The van der Waals surface area contributed by atoms with Crippen molar-refractivity contribution in [1.82, 2.24) is 19.7 Å². The van der Waals surface area contributed by atoms with Gasteiger partial charge in [0.05, 0.1) is 39.4 Å². The summed E-state index contributed by atoms with van der Waals surface area (Å²) >= 11 is 12.7. The van der Waals surface area contributed by atoms with Crippen molar-refractivity contribution in [1.29, 1.82) is 0 Å². The smallest absolute Gasteiger partial charge is 0.157 e. The summed E-state index contributed by atoms with van der Waals surface area (Å²) in [6.45, 7) is 4.00. The predicted octanol–water partition coefficient (Wildman–Crippen LogP) is 4.75. The molecule has 3 aromatic rings. The molecule has 29 heavy (non-hydrogen) atoms. The highest BCUT2D eigenvalue weighted by atomic mass is 35.5. The minimum atomic E-state index is -0.700. The fourth-order valence-electron chi connectivity index (χ4n) is 3.16. The second-order valence-electron chi connectivity index (χ2n) is 6.65. The van der Waals surface area contributed by atoms with E-state index in [0.717, 1.165) is 17.3 Å². The van der Waals surface area contributed by atoms with Crippen LogP contribution in [0, 0.1) is 25.5 Å². The van der Waals surface area contributed by atoms with Crippen molar-refractivity contribution in [2.45, 2.75) is 20.3 Å². The largest absolute Gasteiger partial charge is 0.279 e. The van der Waals surface area contributed by atoms with Gasteiger partial charge in [0.25, 0.3) is 0 Å². The summed E-state index contributed by atoms with van der Waals surface area (Å²) in [4.78, 5) is 12.9. The summed E-state index contributed by atoms with van der Waals surface area (Å²) in [6.07, 6.45) is 1.86. The number of aromatic nitrogens is 4. The SMILES string of the molecule is Cc1nn(-c2cc(CC3=C(Cl)C(c4ccc(F)cc4F)=NC3)ncn2)c(C)c1Cl. The zero-order valence-corrected chi connectivity index (χ0v) is 17.1. The number of aliphatic imine (C=N–C) groups is 1. The van der Waals surface area contributed by atoms with Gasteiger partial charge < -0.3 is 0 Å². The molecule has 0 atom stereocenters. The van der Waals surface area contributed by atoms with E-state index in [-0.39, 0.29) is 5.56 Å². The van der Waals surface area contributed by atoms with Gasteiger partial charge >= 0.3 is 0 Å². The number of rotatable bonds is 4. The minimum Gasteiger partial charge on any atom is -0.279 e. The molecule has 0 N–H and O–H groups in total. The van der Waals surface area contributed by atoms with Crippen LogP contribution in [0.4, 0.5) is 8.78 Å². The van der Waals surface area contributed by atoms with E-state index in [2.05, 4.69) is 20.1 Å². The third-order valence-electron chi connectivity index (χ3n) is 4.66. The number of aryl methyl sites for hydroxylation is 1. The maximum absolute atomic E-state index is 14.1. The Hall–Kier alpha value is -2.64. The molecule has 1 aliphatic rings. The van der Waals surface area contributed by atoms with Gasteiger partial charge in [-0.1, -0.05) is 23.2 Å². The van der Waals surface area contributed by atoms with Crippen LogP contribution in [-0.4, -0.2) is 32.0 Å². The van der Waals surface area contributed by atoms with E-state index in [1.165, 1.54) is 18.5 Å². The molecule has 2 aromatic heterocycles. The molecule has 4 rings (SSSR count). The number of benzene rings is 1. The maximum atomic E-state index is 14.1. The van der Waals surface area contributed by atoms with Crippen LogP contribution in [-0.2, 0) is 6.42 Å². The van der Waals surface area contributed by atoms with E-state index in [9.17, 15) is 8.78 Å². The highest BCUT2D eigenvalue weighted by Crippen LogP contribution is 2.28. The fourth-order valence-corrected chi connectivity index (χ4v) is 3.57. The quantitative estimate of drug-likeness (QED) is 0.596. The van der Waals surface area contributed by atoms with Gasteiger partial charge in [0.1, 0.15) is 18.0 Å². The molecular weight excluding hydrogens is 419 g/mol. The van der Waals surface area contributed by atoms with Crippen LogP contribution >= 0.6 is 23.2 Å². The Kier molecular flexibility index (Phi) is 5.19. The normalized spacial score (nSPS) is 13.9. The highest BCUT2D eigenvalue weighted by molar-refractivity contribution is 6.47. The first-order chi connectivity index (χ1) is 13.8. The van der Waals surface area contributed by atoms with Gasteiger partial charge in [-0.2, -0.15) is 5.10 Å². The molecule has 0 saturated heterocycles. The van der Waals surface area contributed by atoms with Gasteiger partial charge in [-0.15, -0.1) is 0 Å². The standard InChI is InChI=1S/C20H15Cl2F2N5/c1-10-18(21)11(2)29(28-10)17-7-14(26-9-27-17)5-12-8-25-20(19(12)22)15-4-3-13(23)6-16(15)24/h3-4,6-7,9H,5,8H2,1-2H3. The minimum absolute atomic E-state index is 0.173. The molecule has 0 amide bonds. The Balaban J connectivity index is 1.62. The molecule has 0 bridgehead atoms. The molecule has 0 aliphatic carbocycles. The van der Waals surface area contributed by atoms with E-state index in [0.29, 0.717) is 45.9 Å². The monoisotopic (exact) mass is 433 g/mol. The molecule has 0 fully saturated rings. The van der Waals surface area contributed by atoms with Crippen molar-refractivity contribution >= 4 is 28.9 Å². The Morgan fingerprint density at radius 1 is 1.10 bits per heavy atom. The first kappa shape index (κ1) is 19.7. The Morgan fingerprint density at radius 3 is 2.59 bits per heavy atom. The molecule has 3 heterocycles. The van der Waals surface area contributed by atoms with Gasteiger partial charge in [-0.05, 0) is 31.6 Å². The summed E-state index contributed by atoms with van der Waals surface area (Å²) < 4.78 is 28.9. The molecule has 1 aliphatic heterocycles. The van der Waals surface area contributed by atoms with Crippen molar-refractivity contribution in [2.75, 3.05) is 6.54 Å². The van der Waals surface area contributed by atoms with Crippen molar-refractivity contribution in [2.24, 2.45) is 4.99 Å². The van der Waals surface area contributed by atoms with Gasteiger partial charge in [0.2, 0.25) is 0 Å². The number of hydrogen-bond acceptors (Lipinski definition) is 4. The van der Waals surface area contributed by atoms with E-state index in [1.807, 2.05) is 13.8 Å². The van der Waals surface area contributed by atoms with Gasteiger partial charge in [-0.3, -0.25) is 4.99 Å². The summed E-state index contributed by atoms with van der Waals surface area (Å²) in [7, 11) is 0. The average molecular weight is 434 g/mol. The Bertz CT molecular complexity index is 1180. The molecule has 0 unspecified atom stereocenters. The van der Waals surface area contributed by atoms with Crippen molar-refractivity contribution in [3.63, 3.8) is 0 Å². The molecule has 0 saturated carbocycles. The predicted molar refractivity (Wildman–Crippen MR) is 108 cm³/mol. The van der Waals surface area contributed by atoms with Crippen LogP contribution in [0.5, 0.6) is 0 Å². The average Bonchev–Trinajstić information content (AvgIpc) is 3.17. The maximum Gasteiger partial charge on any atom is 0.157 e. The van der Waals surface area contributed by atoms with E-state index >= 15 is 0 Å². The van der Waals surface area contributed by atoms with Crippen LogP contribution in [0.1, 0.15) is 22.6 Å². The van der Waals surface area contributed by atoms with Crippen molar-refractivity contribution in [3.05, 3.63) is 80.5 Å². The summed E-state index contributed by atoms with van der Waals surface area (Å²) in [6, 6.07) is 5.13. The summed E-state index contributed by atoms with van der Waals surface area (Å²) in [5.74, 6) is -0.764. The van der Waals surface area contributed by atoms with Crippen molar-refractivity contribution < 1.29 is 8.78 Å². The number of halogens is 4. The molecule has 0 radical (unpaired) electrons. The number of allylic oxidation sites excluding steroid dienone is 1. The van der Waals surface area contributed by atoms with Crippen LogP contribution < -0.4 is 0 Å². The topological polar surface area (TPSA) is 56.0 Å². The first-order valence-corrected chi connectivity index (χ1v) is 9.51. The first-order valence-electron chi connectivity index (χ1n) is 8.76. The second-order valence-corrected chi connectivity index (χ2v) is 7.40. The lowest BCUT2D eigenvalue weighted by molar-refractivity contribution is 0.582. The van der Waals surface area contributed by atoms with Gasteiger partial charge in [0.15, 0.2) is 5.82 Å². The molecule has 148 valence electrons. The lowest BCUT2D eigenvalue weighted by atomic mass is 10.1. The van der Waals surface area contributed by atoms with Gasteiger partial charge in [0, 0.05) is 24.1 Å². The third kappa shape index (κ3) is 3.68. The van der Waals surface area contributed by atoms with Crippen molar-refractivity contribution in [3.8, 4) is 5.82 Å². The van der Waals surface area contributed by atoms with Crippen LogP contribution in [0.3, 0.4) is 0 Å². The van der Waals surface area contributed by atoms with E-state index in [4.69, 9.17) is 23.2 Å².